The van der Waals surface area contributed by atoms with Crippen LogP contribution < -0.4 is 5.48 Å². The summed E-state index contributed by atoms with van der Waals surface area (Å²) in [6.07, 6.45) is 0.529. The molecule has 1 aromatic heterocycles. The maximum absolute atomic E-state index is 14.8. The molecule has 41 heavy (non-hydrogen) atoms. The number of carbonyl (C=O) groups excluding carboxylic acids is 3. The van der Waals surface area contributed by atoms with Crippen molar-refractivity contribution < 1.29 is 33.1 Å². The zero-order chi connectivity index (χ0) is 29.9. The minimum Gasteiger partial charge on any atom is -0.444 e. The molecule has 1 unspecified atom stereocenters. The molecule has 0 radical (unpaired) electrons. The van der Waals surface area contributed by atoms with Gasteiger partial charge in [-0.2, -0.15) is 0 Å². The maximum Gasteiger partial charge on any atom is 0.419 e. The normalized spacial score (nSPS) is 19.2. The standard InChI is InChI=1S/C31H36FN3O6/c1-29(2,3)40-27(37)34-14-8-13-31(34,7)19-11-9-18(10-12-19)25-22-17-39-33-26(36)21-15-20(32)16-23(24(21)22)35(25)28(38)41-30(4,5)6/h9-12,15-16H,8,13-14,17H2,1-7H3,(H,33,36). The van der Waals surface area contributed by atoms with Crippen LogP contribution in [0.2, 0.25) is 0 Å². The van der Waals surface area contributed by atoms with Crippen LogP contribution in [-0.2, 0) is 26.5 Å². The second-order valence-corrected chi connectivity index (χ2v) is 12.8. The third-order valence-electron chi connectivity index (χ3n) is 7.37. The highest BCUT2D eigenvalue weighted by Crippen LogP contribution is 2.42. The lowest BCUT2D eigenvalue weighted by Crippen LogP contribution is -2.45. The number of halogens is 1. The zero-order valence-corrected chi connectivity index (χ0v) is 24.5. The molecular weight excluding hydrogens is 529 g/mol. The lowest BCUT2D eigenvalue weighted by molar-refractivity contribution is 0.00989. The summed E-state index contributed by atoms with van der Waals surface area (Å²) < 4.78 is 27.5. The Morgan fingerprint density at radius 2 is 1.63 bits per heavy atom. The van der Waals surface area contributed by atoms with Gasteiger partial charge in [0.1, 0.15) is 23.6 Å². The number of carbonyl (C=O) groups is 3. The molecule has 2 aliphatic rings. The van der Waals surface area contributed by atoms with Gasteiger partial charge in [-0.1, -0.05) is 24.3 Å². The van der Waals surface area contributed by atoms with Crippen molar-refractivity contribution in [2.24, 2.45) is 0 Å². The van der Waals surface area contributed by atoms with Gasteiger partial charge >= 0.3 is 12.2 Å². The molecule has 10 heteroatoms. The van der Waals surface area contributed by atoms with Gasteiger partial charge in [0.2, 0.25) is 0 Å². The van der Waals surface area contributed by atoms with E-state index in [4.69, 9.17) is 14.3 Å². The highest BCUT2D eigenvalue weighted by Gasteiger charge is 2.43. The van der Waals surface area contributed by atoms with Crippen LogP contribution in [0.15, 0.2) is 36.4 Å². The number of ether oxygens (including phenoxy) is 2. The number of nitrogens with one attached hydrogen (secondary N) is 1. The monoisotopic (exact) mass is 565 g/mol. The van der Waals surface area contributed by atoms with Crippen LogP contribution in [0.1, 0.15) is 82.8 Å². The molecule has 218 valence electrons. The van der Waals surface area contributed by atoms with Gasteiger partial charge in [-0.15, -0.1) is 0 Å². The largest absolute Gasteiger partial charge is 0.444 e. The Balaban J connectivity index is 1.65. The molecule has 0 saturated carbocycles. The van der Waals surface area contributed by atoms with E-state index in [1.807, 2.05) is 52.0 Å². The Labute approximate surface area is 238 Å². The zero-order valence-electron chi connectivity index (χ0n) is 24.5. The average molecular weight is 566 g/mol. The molecule has 0 aliphatic carbocycles. The molecule has 3 aromatic rings. The molecule has 2 aliphatic heterocycles. The molecule has 2 aromatic carbocycles. The predicted molar refractivity (Wildman–Crippen MR) is 151 cm³/mol. The SMILES string of the molecule is CC(C)(C)OC(=O)N1CCCC1(C)c1ccc(-c2c3c4c(cc(F)cc4n2C(=O)OC(C)(C)C)C(=O)NOC3)cc1. The number of benzene rings is 2. The summed E-state index contributed by atoms with van der Waals surface area (Å²) in [4.78, 5) is 46.6. The number of amides is 2. The van der Waals surface area contributed by atoms with Crippen LogP contribution in [0.5, 0.6) is 0 Å². The summed E-state index contributed by atoms with van der Waals surface area (Å²) in [6.45, 7) is 13.3. The average Bonchev–Trinajstić information content (AvgIpc) is 3.35. The summed E-state index contributed by atoms with van der Waals surface area (Å²) in [5, 5.41) is 0.421. The quantitative estimate of drug-likeness (QED) is 0.374. The molecule has 5 rings (SSSR count). The van der Waals surface area contributed by atoms with Gasteiger partial charge in [0.15, 0.2) is 0 Å². The number of hydroxylamine groups is 1. The highest BCUT2D eigenvalue weighted by atomic mass is 19.1. The van der Waals surface area contributed by atoms with Gasteiger partial charge in [0.05, 0.1) is 22.3 Å². The molecule has 1 saturated heterocycles. The topological polar surface area (TPSA) is 99.1 Å². The first-order valence-corrected chi connectivity index (χ1v) is 13.7. The fourth-order valence-corrected chi connectivity index (χ4v) is 5.67. The fourth-order valence-electron chi connectivity index (χ4n) is 5.67. The van der Waals surface area contributed by atoms with Gasteiger partial charge in [0, 0.05) is 17.5 Å². The maximum atomic E-state index is 14.8. The Morgan fingerprint density at radius 3 is 2.27 bits per heavy atom. The van der Waals surface area contributed by atoms with Gasteiger partial charge in [-0.3, -0.25) is 14.5 Å². The first-order chi connectivity index (χ1) is 19.1. The van der Waals surface area contributed by atoms with E-state index in [9.17, 15) is 18.8 Å². The number of hydrogen-bond acceptors (Lipinski definition) is 6. The van der Waals surface area contributed by atoms with Crippen LogP contribution >= 0.6 is 0 Å². The summed E-state index contributed by atoms with van der Waals surface area (Å²) >= 11 is 0. The summed E-state index contributed by atoms with van der Waals surface area (Å²) in [5.41, 5.74) is 3.13. The van der Waals surface area contributed by atoms with E-state index in [2.05, 4.69) is 5.48 Å². The lowest BCUT2D eigenvalue weighted by atomic mass is 9.88. The molecular formula is C31H36FN3O6. The van der Waals surface area contributed by atoms with Crippen molar-refractivity contribution in [3.05, 3.63) is 58.9 Å². The van der Waals surface area contributed by atoms with Gasteiger partial charge in [-0.05, 0) is 84.6 Å². The van der Waals surface area contributed by atoms with E-state index in [0.29, 0.717) is 28.8 Å². The number of nitrogens with zero attached hydrogens (tertiary/aromatic N) is 2. The van der Waals surface area contributed by atoms with Gasteiger partial charge < -0.3 is 9.47 Å². The van der Waals surface area contributed by atoms with Crippen LogP contribution in [-0.4, -0.2) is 45.3 Å². The van der Waals surface area contributed by atoms with Crippen molar-refractivity contribution >= 4 is 29.0 Å². The molecule has 1 fully saturated rings. The third kappa shape index (κ3) is 5.28. The highest BCUT2D eigenvalue weighted by molar-refractivity contribution is 6.12. The van der Waals surface area contributed by atoms with E-state index in [0.717, 1.165) is 24.5 Å². The first-order valence-electron chi connectivity index (χ1n) is 13.7. The second-order valence-electron chi connectivity index (χ2n) is 12.8. The van der Waals surface area contributed by atoms with Crippen molar-refractivity contribution in [3.8, 4) is 11.3 Å². The van der Waals surface area contributed by atoms with E-state index < -0.39 is 34.6 Å². The first kappa shape index (κ1) is 28.6. The fraction of sp³-hybridized carbons (Fsp3) is 0.452. The Hall–Kier alpha value is -3.92. The minimum atomic E-state index is -0.821. The van der Waals surface area contributed by atoms with Crippen LogP contribution in [0, 0.1) is 5.82 Å². The van der Waals surface area contributed by atoms with Crippen molar-refractivity contribution in [1.29, 1.82) is 0 Å². The molecule has 3 heterocycles. The van der Waals surface area contributed by atoms with E-state index in [1.165, 1.54) is 10.6 Å². The number of likely N-dealkylation sites (tertiary alicyclic amines) is 1. The molecule has 1 atom stereocenters. The summed E-state index contributed by atoms with van der Waals surface area (Å²) in [6, 6.07) is 9.91. The molecule has 1 N–H and O–H groups in total. The van der Waals surface area contributed by atoms with Crippen molar-refractivity contribution in [1.82, 2.24) is 14.9 Å². The number of hydrogen-bond donors (Lipinski definition) is 1. The smallest absolute Gasteiger partial charge is 0.419 e. The lowest BCUT2D eigenvalue weighted by Gasteiger charge is -2.37. The third-order valence-corrected chi connectivity index (χ3v) is 7.37. The van der Waals surface area contributed by atoms with Crippen molar-refractivity contribution in [2.45, 2.75) is 84.7 Å². The summed E-state index contributed by atoms with van der Waals surface area (Å²) in [5.74, 6) is -1.27. The molecule has 0 spiro atoms. The Bertz CT molecular complexity index is 1550. The Kier molecular flexibility index (Phi) is 6.88. The second kappa shape index (κ2) is 9.87. The Morgan fingerprint density at radius 1 is 1.00 bits per heavy atom. The van der Waals surface area contributed by atoms with Crippen LogP contribution in [0.25, 0.3) is 22.2 Å². The van der Waals surface area contributed by atoms with Crippen molar-refractivity contribution in [3.63, 3.8) is 0 Å². The predicted octanol–water partition coefficient (Wildman–Crippen LogP) is 6.65. The summed E-state index contributed by atoms with van der Waals surface area (Å²) in [7, 11) is 0. The van der Waals surface area contributed by atoms with E-state index in [1.54, 1.807) is 25.7 Å². The number of aromatic nitrogens is 1. The molecule has 0 bridgehead atoms. The molecule has 9 nitrogen and oxygen atoms in total. The van der Waals surface area contributed by atoms with Crippen LogP contribution in [0.3, 0.4) is 0 Å². The van der Waals surface area contributed by atoms with Gasteiger partial charge in [-0.25, -0.2) is 24.0 Å². The van der Waals surface area contributed by atoms with Crippen molar-refractivity contribution in [2.75, 3.05) is 6.54 Å². The van der Waals surface area contributed by atoms with Crippen LogP contribution in [0.4, 0.5) is 14.0 Å². The number of rotatable bonds is 2. The van der Waals surface area contributed by atoms with E-state index >= 15 is 0 Å². The minimum absolute atomic E-state index is 0.0438. The van der Waals surface area contributed by atoms with E-state index in [-0.39, 0.29) is 23.8 Å². The molecule has 2 amide bonds. The van der Waals surface area contributed by atoms with Gasteiger partial charge in [0.25, 0.3) is 5.91 Å².